The van der Waals surface area contributed by atoms with Crippen molar-refractivity contribution in [1.29, 1.82) is 0 Å². The van der Waals surface area contributed by atoms with E-state index in [9.17, 15) is 4.79 Å². The second-order valence-electron chi connectivity index (χ2n) is 4.46. The number of amides is 1. The van der Waals surface area contributed by atoms with Crippen molar-refractivity contribution in [2.45, 2.75) is 13.0 Å². The number of carbonyl (C=O) groups is 1. The van der Waals surface area contributed by atoms with Crippen LogP contribution in [0.2, 0.25) is 0 Å². The molecule has 0 spiro atoms. The first-order chi connectivity index (χ1) is 10.2. The molecule has 0 atom stereocenters. The molecule has 2 N–H and O–H groups in total. The summed E-state index contributed by atoms with van der Waals surface area (Å²) >= 11 is 0. The molecule has 0 aliphatic rings. The fourth-order valence-electron chi connectivity index (χ4n) is 1.78. The molecule has 6 heteroatoms. The molecular formula is C15H24N2O4. The normalized spacial score (nSPS) is 10.2. The van der Waals surface area contributed by atoms with E-state index in [0.29, 0.717) is 37.6 Å². The van der Waals surface area contributed by atoms with Crippen molar-refractivity contribution in [2.75, 3.05) is 41.0 Å². The van der Waals surface area contributed by atoms with Crippen molar-refractivity contribution in [3.8, 4) is 11.5 Å². The van der Waals surface area contributed by atoms with Crippen LogP contribution in [0.5, 0.6) is 11.5 Å². The van der Waals surface area contributed by atoms with Gasteiger partial charge in [0.05, 0.1) is 20.8 Å². The van der Waals surface area contributed by atoms with Gasteiger partial charge < -0.3 is 24.8 Å². The van der Waals surface area contributed by atoms with Crippen molar-refractivity contribution in [3.63, 3.8) is 0 Å². The molecule has 0 fully saturated rings. The molecule has 0 bridgehead atoms. The summed E-state index contributed by atoms with van der Waals surface area (Å²) in [6.07, 6.45) is 0.441. The minimum atomic E-state index is 0.00898. The van der Waals surface area contributed by atoms with Crippen LogP contribution in [-0.2, 0) is 16.1 Å². The van der Waals surface area contributed by atoms with Crippen molar-refractivity contribution >= 4 is 5.91 Å². The maximum Gasteiger partial charge on any atom is 0.221 e. The van der Waals surface area contributed by atoms with Crippen LogP contribution in [0.3, 0.4) is 0 Å². The first kappa shape index (κ1) is 17.3. The second kappa shape index (κ2) is 10.0. The summed E-state index contributed by atoms with van der Waals surface area (Å²) < 4.78 is 15.3. The number of benzene rings is 1. The molecule has 1 rings (SSSR count). The molecule has 6 nitrogen and oxygen atoms in total. The van der Waals surface area contributed by atoms with Gasteiger partial charge in [-0.05, 0) is 17.7 Å². The minimum Gasteiger partial charge on any atom is -0.493 e. The molecule has 118 valence electrons. The van der Waals surface area contributed by atoms with Crippen LogP contribution in [0, 0.1) is 0 Å². The third-order valence-corrected chi connectivity index (χ3v) is 2.95. The maximum atomic E-state index is 11.7. The topological polar surface area (TPSA) is 68.8 Å². The van der Waals surface area contributed by atoms with E-state index in [1.165, 1.54) is 0 Å². The Kier molecular flexibility index (Phi) is 8.23. The van der Waals surface area contributed by atoms with Crippen LogP contribution in [0.1, 0.15) is 12.0 Å². The molecule has 1 amide bonds. The number of carbonyl (C=O) groups excluding carboxylic acids is 1. The smallest absolute Gasteiger partial charge is 0.221 e. The molecule has 0 saturated carbocycles. The van der Waals surface area contributed by atoms with Crippen molar-refractivity contribution < 1.29 is 19.0 Å². The highest BCUT2D eigenvalue weighted by atomic mass is 16.5. The van der Waals surface area contributed by atoms with Crippen LogP contribution >= 0.6 is 0 Å². The van der Waals surface area contributed by atoms with Crippen LogP contribution in [0.4, 0.5) is 0 Å². The fourth-order valence-corrected chi connectivity index (χ4v) is 1.78. The molecule has 0 radical (unpaired) electrons. The lowest BCUT2D eigenvalue weighted by molar-refractivity contribution is -0.121. The van der Waals surface area contributed by atoms with E-state index < -0.39 is 0 Å². The number of hydrogen-bond acceptors (Lipinski definition) is 5. The monoisotopic (exact) mass is 296 g/mol. The van der Waals surface area contributed by atoms with Gasteiger partial charge in [0.2, 0.25) is 5.91 Å². The molecule has 0 aliphatic heterocycles. The molecule has 0 saturated heterocycles. The first-order valence-corrected chi connectivity index (χ1v) is 6.88. The molecular weight excluding hydrogens is 272 g/mol. The van der Waals surface area contributed by atoms with Gasteiger partial charge in [0, 0.05) is 33.2 Å². The predicted molar refractivity (Wildman–Crippen MR) is 80.8 cm³/mol. The molecule has 0 heterocycles. The predicted octanol–water partition coefficient (Wildman–Crippen LogP) is 0.946. The molecule has 0 aliphatic carbocycles. The second-order valence-corrected chi connectivity index (χ2v) is 4.46. The number of methoxy groups -OCH3 is 3. The molecule has 21 heavy (non-hydrogen) atoms. The van der Waals surface area contributed by atoms with E-state index in [4.69, 9.17) is 14.2 Å². The maximum absolute atomic E-state index is 11.7. The third-order valence-electron chi connectivity index (χ3n) is 2.95. The van der Waals surface area contributed by atoms with E-state index >= 15 is 0 Å². The zero-order valence-electron chi connectivity index (χ0n) is 12.9. The highest BCUT2D eigenvalue weighted by Gasteiger charge is 2.06. The minimum absolute atomic E-state index is 0.00898. The number of ether oxygens (including phenoxy) is 3. The Morgan fingerprint density at radius 2 is 1.86 bits per heavy atom. The Labute approximate surface area is 125 Å². The average Bonchev–Trinajstić information content (AvgIpc) is 2.52. The van der Waals surface area contributed by atoms with Gasteiger partial charge in [0.25, 0.3) is 0 Å². The lowest BCUT2D eigenvalue weighted by Gasteiger charge is -2.10. The summed E-state index contributed by atoms with van der Waals surface area (Å²) in [6, 6.07) is 5.58. The number of nitrogens with one attached hydrogen (secondary N) is 2. The van der Waals surface area contributed by atoms with Crippen molar-refractivity contribution in [3.05, 3.63) is 23.8 Å². The van der Waals surface area contributed by atoms with Crippen LogP contribution in [0.15, 0.2) is 18.2 Å². The molecule has 0 unspecified atom stereocenters. The Morgan fingerprint density at radius 1 is 1.10 bits per heavy atom. The van der Waals surface area contributed by atoms with Crippen molar-refractivity contribution in [2.24, 2.45) is 0 Å². The summed E-state index contributed by atoms with van der Waals surface area (Å²) in [4.78, 5) is 11.7. The van der Waals surface area contributed by atoms with Gasteiger partial charge in [-0.1, -0.05) is 6.07 Å². The quantitative estimate of drug-likeness (QED) is 0.629. The van der Waals surface area contributed by atoms with E-state index in [0.717, 1.165) is 12.1 Å². The van der Waals surface area contributed by atoms with Gasteiger partial charge in [-0.15, -0.1) is 0 Å². The summed E-state index contributed by atoms with van der Waals surface area (Å²) in [5, 5.41) is 6.00. The largest absolute Gasteiger partial charge is 0.493 e. The SMILES string of the molecule is COCCNCCC(=O)NCc1ccc(OC)c(OC)c1. The van der Waals surface area contributed by atoms with Crippen molar-refractivity contribution in [1.82, 2.24) is 10.6 Å². The Balaban J connectivity index is 2.32. The zero-order chi connectivity index (χ0) is 15.5. The van der Waals surface area contributed by atoms with Gasteiger partial charge >= 0.3 is 0 Å². The fraction of sp³-hybridized carbons (Fsp3) is 0.533. The molecule has 0 aromatic heterocycles. The van der Waals surface area contributed by atoms with Crippen LogP contribution in [-0.4, -0.2) is 46.9 Å². The highest BCUT2D eigenvalue weighted by molar-refractivity contribution is 5.76. The lowest BCUT2D eigenvalue weighted by Crippen LogP contribution is -2.28. The molecule has 1 aromatic rings. The van der Waals surface area contributed by atoms with E-state index in [-0.39, 0.29) is 5.91 Å². The van der Waals surface area contributed by atoms with Gasteiger partial charge in [0.15, 0.2) is 11.5 Å². The van der Waals surface area contributed by atoms with E-state index in [2.05, 4.69) is 10.6 Å². The lowest BCUT2D eigenvalue weighted by atomic mass is 10.2. The highest BCUT2D eigenvalue weighted by Crippen LogP contribution is 2.27. The summed E-state index contributed by atoms with van der Waals surface area (Å²) in [5.74, 6) is 1.34. The Morgan fingerprint density at radius 3 is 2.52 bits per heavy atom. The van der Waals surface area contributed by atoms with Gasteiger partial charge in [-0.25, -0.2) is 0 Å². The van der Waals surface area contributed by atoms with E-state index in [1.54, 1.807) is 21.3 Å². The standard InChI is InChI=1S/C15H24N2O4/c1-19-9-8-16-7-6-15(18)17-11-12-4-5-13(20-2)14(10-12)21-3/h4-5,10,16H,6-9,11H2,1-3H3,(H,17,18). The van der Waals surface area contributed by atoms with Gasteiger partial charge in [0.1, 0.15) is 0 Å². The molecule has 1 aromatic carbocycles. The van der Waals surface area contributed by atoms with Gasteiger partial charge in [-0.2, -0.15) is 0 Å². The van der Waals surface area contributed by atoms with Crippen LogP contribution < -0.4 is 20.1 Å². The Hall–Kier alpha value is -1.79. The van der Waals surface area contributed by atoms with E-state index in [1.807, 2.05) is 18.2 Å². The summed E-state index contributed by atoms with van der Waals surface area (Å²) in [6.45, 7) is 2.51. The number of rotatable bonds is 10. The first-order valence-electron chi connectivity index (χ1n) is 6.88. The van der Waals surface area contributed by atoms with Gasteiger partial charge in [-0.3, -0.25) is 4.79 Å². The Bertz CT molecular complexity index is 438. The zero-order valence-corrected chi connectivity index (χ0v) is 12.9. The van der Waals surface area contributed by atoms with Crippen LogP contribution in [0.25, 0.3) is 0 Å². The summed E-state index contributed by atoms with van der Waals surface area (Å²) in [5.41, 5.74) is 0.966. The third kappa shape index (κ3) is 6.46. The summed E-state index contributed by atoms with van der Waals surface area (Å²) in [7, 11) is 4.83. The average molecular weight is 296 g/mol. The number of hydrogen-bond donors (Lipinski definition) is 2.